The van der Waals surface area contributed by atoms with E-state index in [1.165, 1.54) is 449 Å². The van der Waals surface area contributed by atoms with Crippen LogP contribution in [0.25, 0.3) is 0 Å². The van der Waals surface area contributed by atoms with Crippen LogP contribution in [0.15, 0.2) is 24.3 Å². The molecule has 0 spiro atoms. The SMILES string of the molecule is CCCCCCCCCC/C=C\CCCCCCCCCCCCCCCCCCCCCCCCCCCCCCCC(=O)OC(COC(=O)CCCCCCCCCCCCCCCCCCCCCCCCCCCCC/C=C\CCCCCCCCCC)COP(=O)([O-])OCC[N+](C)(C)C. The molecule has 0 N–H and O–H groups in total. The number of ether oxygens (including phenoxy) is 2. The summed E-state index contributed by atoms with van der Waals surface area (Å²) in [6.45, 7) is 4.34. The molecule has 9 nitrogen and oxygen atoms in total. The van der Waals surface area contributed by atoms with Crippen molar-refractivity contribution in [1.29, 1.82) is 0 Å². The van der Waals surface area contributed by atoms with E-state index in [4.69, 9.17) is 18.5 Å². The quantitative estimate of drug-likeness (QED) is 0.0195. The first-order valence-electron chi connectivity index (χ1n) is 47.0. The first-order valence-corrected chi connectivity index (χ1v) is 48.5. The second-order valence-corrected chi connectivity index (χ2v) is 35.1. The smallest absolute Gasteiger partial charge is 0.306 e. The van der Waals surface area contributed by atoms with Crippen molar-refractivity contribution in [3.8, 4) is 0 Å². The van der Waals surface area contributed by atoms with Crippen LogP contribution in [0.2, 0.25) is 0 Å². The third kappa shape index (κ3) is 89.4. The minimum absolute atomic E-state index is 0.0257. The normalized spacial score (nSPS) is 12.9. The molecule has 0 amide bonds. The molecule has 0 aromatic heterocycles. The second kappa shape index (κ2) is 85.5. The molecule has 0 saturated heterocycles. The average molecular weight is 1490 g/mol. The lowest BCUT2D eigenvalue weighted by molar-refractivity contribution is -0.870. The van der Waals surface area contributed by atoms with Gasteiger partial charge in [0.15, 0.2) is 6.10 Å². The number of likely N-dealkylation sites (N-methyl/N-ethyl adjacent to an activating group) is 1. The predicted molar refractivity (Wildman–Crippen MR) is 453 cm³/mol. The predicted octanol–water partition coefficient (Wildman–Crippen LogP) is 31.2. The van der Waals surface area contributed by atoms with Crippen LogP contribution in [-0.4, -0.2) is 70.0 Å². The van der Waals surface area contributed by atoms with Gasteiger partial charge < -0.3 is 27.9 Å². The molecule has 10 heteroatoms. The van der Waals surface area contributed by atoms with Gasteiger partial charge in [0.05, 0.1) is 27.7 Å². The Bertz CT molecular complexity index is 1800. The molecule has 0 rings (SSSR count). The molecule has 0 saturated carbocycles. The zero-order valence-electron chi connectivity index (χ0n) is 71.0. The number of allylic oxidation sites excluding steroid dienone is 4. The summed E-state index contributed by atoms with van der Waals surface area (Å²) in [6.07, 6.45) is 112. The standard InChI is InChI=1S/C94H184NO8P/c1-6-8-10-12-14-16-18-20-22-24-26-28-30-32-34-36-38-40-42-44-46-47-49-51-53-55-57-59-61-63-65-67-69-71-73-75-77-79-81-83-85-87-94(97)103-92(91-102-104(98,99)101-89-88-95(3,4)5)90-100-93(96)86-84-82-80-78-76-74-72-70-68-66-64-62-60-58-56-54-52-50-48-45-43-41-39-37-35-33-31-29-27-25-23-21-19-17-15-13-11-9-7-2/h24-27,92H,6-23,28-91H2,1-5H3/b26-24-,27-25-. The maximum absolute atomic E-state index is 12.9. The highest BCUT2D eigenvalue weighted by Crippen LogP contribution is 2.38. The molecule has 0 aromatic rings. The van der Waals surface area contributed by atoms with Gasteiger partial charge in [-0.05, 0) is 64.2 Å². The number of esters is 2. The Balaban J connectivity index is 3.80. The number of nitrogens with zero attached hydrogens (tertiary/aromatic N) is 1. The lowest BCUT2D eigenvalue weighted by atomic mass is 10.0. The van der Waals surface area contributed by atoms with E-state index < -0.39 is 26.5 Å². The van der Waals surface area contributed by atoms with Gasteiger partial charge in [-0.1, -0.05) is 462 Å². The van der Waals surface area contributed by atoms with E-state index in [9.17, 15) is 19.0 Å². The lowest BCUT2D eigenvalue weighted by Crippen LogP contribution is -2.37. The van der Waals surface area contributed by atoms with Gasteiger partial charge >= 0.3 is 11.9 Å². The highest BCUT2D eigenvalue weighted by Gasteiger charge is 2.22. The fourth-order valence-electron chi connectivity index (χ4n) is 14.8. The van der Waals surface area contributed by atoms with Crippen LogP contribution >= 0.6 is 7.82 Å². The van der Waals surface area contributed by atoms with E-state index in [-0.39, 0.29) is 32.0 Å². The fraction of sp³-hybridized carbons (Fsp3) is 0.936. The van der Waals surface area contributed by atoms with E-state index in [1.807, 2.05) is 21.1 Å². The molecule has 618 valence electrons. The van der Waals surface area contributed by atoms with Crippen LogP contribution in [0, 0.1) is 0 Å². The monoisotopic (exact) mass is 1490 g/mol. The van der Waals surface area contributed by atoms with Gasteiger partial charge in [0.25, 0.3) is 7.82 Å². The Morgan fingerprint density at radius 3 is 0.712 bits per heavy atom. The van der Waals surface area contributed by atoms with Gasteiger partial charge in [0.2, 0.25) is 0 Å². The van der Waals surface area contributed by atoms with Crippen molar-refractivity contribution in [3.05, 3.63) is 24.3 Å². The molecular formula is C94H184NO8P. The minimum atomic E-state index is -4.64. The van der Waals surface area contributed by atoms with Crippen molar-refractivity contribution in [1.82, 2.24) is 0 Å². The van der Waals surface area contributed by atoms with E-state index in [0.29, 0.717) is 17.4 Å². The average Bonchev–Trinajstić information content (AvgIpc) is 0.920. The van der Waals surface area contributed by atoms with Gasteiger partial charge in [-0.3, -0.25) is 14.2 Å². The molecular weight excluding hydrogens is 1300 g/mol. The van der Waals surface area contributed by atoms with E-state index in [2.05, 4.69) is 38.2 Å². The van der Waals surface area contributed by atoms with Crippen molar-refractivity contribution < 1.29 is 42.1 Å². The number of hydrogen-bond acceptors (Lipinski definition) is 8. The number of carbonyl (C=O) groups is 2. The molecule has 0 aliphatic heterocycles. The van der Waals surface area contributed by atoms with Crippen LogP contribution in [0.3, 0.4) is 0 Å². The number of phosphoric ester groups is 1. The van der Waals surface area contributed by atoms with Crippen molar-refractivity contribution in [3.63, 3.8) is 0 Å². The zero-order valence-corrected chi connectivity index (χ0v) is 71.9. The maximum Gasteiger partial charge on any atom is 0.306 e. The number of unbranched alkanes of at least 4 members (excludes halogenated alkanes) is 72. The van der Waals surface area contributed by atoms with Crippen LogP contribution in [0.1, 0.15) is 515 Å². The summed E-state index contributed by atoms with van der Waals surface area (Å²) in [5.74, 6) is -0.800. The van der Waals surface area contributed by atoms with Crippen LogP contribution in [0.5, 0.6) is 0 Å². The molecule has 0 heterocycles. The summed E-state index contributed by atoms with van der Waals surface area (Å²) < 4.78 is 34.5. The number of quaternary nitrogens is 1. The second-order valence-electron chi connectivity index (χ2n) is 33.7. The summed E-state index contributed by atoms with van der Waals surface area (Å²) >= 11 is 0. The number of rotatable bonds is 90. The zero-order chi connectivity index (χ0) is 75.4. The van der Waals surface area contributed by atoms with Crippen molar-refractivity contribution in [2.75, 3.05) is 47.5 Å². The van der Waals surface area contributed by atoms with Crippen molar-refractivity contribution in [2.24, 2.45) is 0 Å². The third-order valence-corrected chi connectivity index (χ3v) is 22.9. The molecule has 0 fully saturated rings. The van der Waals surface area contributed by atoms with E-state index in [1.54, 1.807) is 0 Å². The molecule has 0 aliphatic rings. The summed E-state index contributed by atoms with van der Waals surface area (Å²) in [4.78, 5) is 38.3. The Morgan fingerprint density at radius 1 is 0.288 bits per heavy atom. The Labute approximate surface area is 650 Å². The topological polar surface area (TPSA) is 111 Å². The van der Waals surface area contributed by atoms with Crippen LogP contribution < -0.4 is 4.89 Å². The Morgan fingerprint density at radius 2 is 0.490 bits per heavy atom. The summed E-state index contributed by atoms with van der Waals surface area (Å²) in [6, 6.07) is 0. The molecule has 2 atom stereocenters. The number of carbonyl (C=O) groups excluding carboxylic acids is 2. The maximum atomic E-state index is 12.9. The van der Waals surface area contributed by atoms with Gasteiger partial charge in [-0.25, -0.2) is 0 Å². The molecule has 0 radical (unpaired) electrons. The van der Waals surface area contributed by atoms with Crippen LogP contribution in [0.4, 0.5) is 0 Å². The van der Waals surface area contributed by atoms with Crippen molar-refractivity contribution in [2.45, 2.75) is 521 Å². The third-order valence-electron chi connectivity index (χ3n) is 21.9. The molecule has 0 bridgehead atoms. The minimum Gasteiger partial charge on any atom is -0.756 e. The van der Waals surface area contributed by atoms with Gasteiger partial charge in [-0.15, -0.1) is 0 Å². The molecule has 104 heavy (non-hydrogen) atoms. The Hall–Kier alpha value is -1.51. The van der Waals surface area contributed by atoms with Gasteiger partial charge in [-0.2, -0.15) is 0 Å². The van der Waals surface area contributed by atoms with E-state index >= 15 is 0 Å². The largest absolute Gasteiger partial charge is 0.756 e. The van der Waals surface area contributed by atoms with Gasteiger partial charge in [0.1, 0.15) is 19.8 Å². The number of hydrogen-bond donors (Lipinski definition) is 0. The molecule has 0 aliphatic carbocycles. The first kappa shape index (κ1) is 102. The summed E-state index contributed by atoms with van der Waals surface area (Å²) in [5, 5.41) is 0. The first-order chi connectivity index (χ1) is 51.0. The summed E-state index contributed by atoms with van der Waals surface area (Å²) in [5.41, 5.74) is 0. The number of phosphoric acid groups is 1. The molecule has 0 aromatic carbocycles. The highest BCUT2D eigenvalue weighted by molar-refractivity contribution is 7.45. The van der Waals surface area contributed by atoms with Crippen molar-refractivity contribution >= 4 is 19.8 Å². The molecule has 2 unspecified atom stereocenters. The lowest BCUT2D eigenvalue weighted by Gasteiger charge is -2.28. The summed E-state index contributed by atoms with van der Waals surface area (Å²) in [7, 11) is 1.20. The Kier molecular flexibility index (Phi) is 84.2. The highest BCUT2D eigenvalue weighted by atomic mass is 31.2. The fourth-order valence-corrected chi connectivity index (χ4v) is 15.5. The van der Waals surface area contributed by atoms with Crippen LogP contribution in [-0.2, 0) is 32.7 Å². The van der Waals surface area contributed by atoms with Gasteiger partial charge in [0, 0.05) is 12.8 Å². The van der Waals surface area contributed by atoms with E-state index in [0.717, 1.165) is 32.1 Å².